The van der Waals surface area contributed by atoms with Gasteiger partial charge in [-0.3, -0.25) is 4.79 Å². The van der Waals surface area contributed by atoms with Gasteiger partial charge in [0.05, 0.1) is 4.90 Å². The first kappa shape index (κ1) is 15.0. The molecule has 5 nitrogen and oxygen atoms in total. The predicted molar refractivity (Wildman–Crippen MR) is 78.0 cm³/mol. The van der Waals surface area contributed by atoms with Crippen LogP contribution in [-0.2, 0) is 14.8 Å². The summed E-state index contributed by atoms with van der Waals surface area (Å²) in [7, 11) is -3.73. The second-order valence-corrected chi connectivity index (χ2v) is 7.88. The van der Waals surface area contributed by atoms with Crippen LogP contribution in [0.1, 0.15) is 12.8 Å². The highest BCUT2D eigenvalue weighted by Gasteiger charge is 2.39. The van der Waals surface area contributed by atoms with Crippen LogP contribution in [0.3, 0.4) is 0 Å². The Morgan fingerprint density at radius 3 is 2.68 bits per heavy atom. The molecule has 1 saturated heterocycles. The minimum Gasteiger partial charge on any atom is -0.368 e. The normalized spacial score (nSPS) is 20.6. The average molecular weight is 412 g/mol. The number of nitrogens with two attached hydrogens (primary N) is 1. The van der Waals surface area contributed by atoms with E-state index in [-0.39, 0.29) is 4.90 Å². The van der Waals surface area contributed by atoms with Crippen LogP contribution in [0.5, 0.6) is 0 Å². The summed E-state index contributed by atoms with van der Waals surface area (Å²) in [4.78, 5) is 11.5. The summed E-state index contributed by atoms with van der Waals surface area (Å²) < 4.78 is 27.5. The smallest absolute Gasteiger partial charge is 0.244 e. The minimum absolute atomic E-state index is 0.134. The van der Waals surface area contributed by atoms with Crippen molar-refractivity contribution < 1.29 is 13.2 Å². The molecule has 1 aliphatic rings. The van der Waals surface area contributed by atoms with Crippen molar-refractivity contribution in [1.29, 1.82) is 0 Å². The largest absolute Gasteiger partial charge is 0.368 e. The molecule has 1 fully saturated rings. The van der Waals surface area contributed by atoms with Gasteiger partial charge in [-0.2, -0.15) is 4.31 Å². The molecule has 1 atom stereocenters. The molecule has 1 unspecified atom stereocenters. The molecule has 1 aromatic carbocycles. The molecular weight excluding hydrogens is 400 g/mol. The van der Waals surface area contributed by atoms with Gasteiger partial charge in [-0.25, -0.2) is 8.42 Å². The Morgan fingerprint density at radius 2 is 2.05 bits per heavy atom. The quantitative estimate of drug-likeness (QED) is 0.823. The zero-order chi connectivity index (χ0) is 14.2. The second-order valence-electron chi connectivity index (χ2n) is 4.25. The molecule has 2 rings (SSSR count). The standard InChI is InChI=1S/C11H12Br2N2O3S/c12-7-3-4-8(13)10(6-7)19(17,18)15-5-1-2-9(15)11(14)16/h3-4,6,9H,1-2,5H2,(H2,14,16). The summed E-state index contributed by atoms with van der Waals surface area (Å²) in [5, 5.41) is 0. The van der Waals surface area contributed by atoms with E-state index >= 15 is 0 Å². The molecule has 1 aliphatic heterocycles. The SMILES string of the molecule is NC(=O)C1CCCN1S(=O)(=O)c1cc(Br)ccc1Br. The van der Waals surface area contributed by atoms with Gasteiger partial charge in [-0.05, 0) is 47.0 Å². The highest BCUT2D eigenvalue weighted by Crippen LogP contribution is 2.32. The summed E-state index contributed by atoms with van der Waals surface area (Å²) in [5.74, 6) is -0.604. The van der Waals surface area contributed by atoms with Gasteiger partial charge in [0.2, 0.25) is 15.9 Å². The minimum atomic E-state index is -3.73. The van der Waals surface area contributed by atoms with Gasteiger partial charge in [0.1, 0.15) is 6.04 Å². The summed E-state index contributed by atoms with van der Waals surface area (Å²) in [6.07, 6.45) is 1.11. The second kappa shape index (κ2) is 5.51. The fourth-order valence-corrected chi connectivity index (χ4v) is 5.24. The number of benzene rings is 1. The van der Waals surface area contributed by atoms with Crippen molar-refractivity contribution in [2.24, 2.45) is 5.73 Å². The zero-order valence-corrected chi connectivity index (χ0v) is 13.8. The average Bonchev–Trinajstić information content (AvgIpc) is 2.82. The Morgan fingerprint density at radius 1 is 1.37 bits per heavy atom. The van der Waals surface area contributed by atoms with E-state index in [0.717, 1.165) is 0 Å². The van der Waals surface area contributed by atoms with E-state index in [2.05, 4.69) is 31.9 Å². The number of amides is 1. The third-order valence-electron chi connectivity index (χ3n) is 3.01. The maximum atomic E-state index is 12.6. The first-order chi connectivity index (χ1) is 8.84. The fraction of sp³-hybridized carbons (Fsp3) is 0.364. The molecule has 2 N–H and O–H groups in total. The zero-order valence-electron chi connectivity index (χ0n) is 9.84. The Hall–Kier alpha value is -0.440. The van der Waals surface area contributed by atoms with Gasteiger partial charge in [-0.1, -0.05) is 15.9 Å². The number of rotatable bonds is 3. The van der Waals surface area contributed by atoms with Crippen LogP contribution in [0.25, 0.3) is 0 Å². The number of hydrogen-bond acceptors (Lipinski definition) is 3. The van der Waals surface area contributed by atoms with E-state index in [1.165, 1.54) is 10.4 Å². The molecule has 0 radical (unpaired) electrons. The van der Waals surface area contributed by atoms with Crippen LogP contribution in [0.4, 0.5) is 0 Å². The Labute approximate surface area is 128 Å². The third-order valence-corrected chi connectivity index (χ3v) is 6.41. The van der Waals surface area contributed by atoms with Gasteiger partial charge in [0, 0.05) is 15.5 Å². The molecule has 8 heteroatoms. The summed E-state index contributed by atoms with van der Waals surface area (Å²) in [5.41, 5.74) is 5.26. The van der Waals surface area contributed by atoms with E-state index in [1.54, 1.807) is 12.1 Å². The van der Waals surface area contributed by atoms with Crippen molar-refractivity contribution in [3.05, 3.63) is 27.1 Å². The van der Waals surface area contributed by atoms with Gasteiger partial charge < -0.3 is 5.73 Å². The van der Waals surface area contributed by atoms with Crippen molar-refractivity contribution in [2.45, 2.75) is 23.8 Å². The molecule has 19 heavy (non-hydrogen) atoms. The first-order valence-electron chi connectivity index (χ1n) is 5.60. The molecule has 1 amide bonds. The van der Waals surface area contributed by atoms with Gasteiger partial charge in [0.15, 0.2) is 0 Å². The van der Waals surface area contributed by atoms with Gasteiger partial charge >= 0.3 is 0 Å². The van der Waals surface area contributed by atoms with Crippen LogP contribution in [0.2, 0.25) is 0 Å². The van der Waals surface area contributed by atoms with Crippen LogP contribution in [0.15, 0.2) is 32.0 Å². The van der Waals surface area contributed by atoms with E-state index in [9.17, 15) is 13.2 Å². The van der Waals surface area contributed by atoms with E-state index in [1.807, 2.05) is 0 Å². The molecule has 1 heterocycles. The van der Waals surface area contributed by atoms with Gasteiger partial charge in [0.25, 0.3) is 0 Å². The van der Waals surface area contributed by atoms with Crippen LogP contribution >= 0.6 is 31.9 Å². The van der Waals surface area contributed by atoms with E-state index in [0.29, 0.717) is 28.3 Å². The van der Waals surface area contributed by atoms with Crippen LogP contribution in [-0.4, -0.2) is 31.2 Å². The topological polar surface area (TPSA) is 80.5 Å². The lowest BCUT2D eigenvalue weighted by molar-refractivity contribution is -0.121. The molecule has 104 valence electrons. The highest BCUT2D eigenvalue weighted by molar-refractivity contribution is 9.11. The monoisotopic (exact) mass is 410 g/mol. The van der Waals surface area contributed by atoms with Crippen LogP contribution < -0.4 is 5.73 Å². The first-order valence-corrected chi connectivity index (χ1v) is 8.63. The van der Waals surface area contributed by atoms with Crippen molar-refractivity contribution in [3.8, 4) is 0 Å². The number of sulfonamides is 1. The van der Waals surface area contributed by atoms with Crippen LogP contribution in [0, 0.1) is 0 Å². The highest BCUT2D eigenvalue weighted by atomic mass is 79.9. The van der Waals surface area contributed by atoms with Gasteiger partial charge in [-0.15, -0.1) is 0 Å². The molecular formula is C11H12Br2N2O3S. The molecule has 0 bridgehead atoms. The third kappa shape index (κ3) is 2.86. The number of carbonyl (C=O) groups is 1. The summed E-state index contributed by atoms with van der Waals surface area (Å²) >= 11 is 6.47. The Bertz CT molecular complexity index is 618. The Kier molecular flexibility index (Phi) is 4.34. The van der Waals surface area contributed by atoms with Crippen molar-refractivity contribution in [3.63, 3.8) is 0 Å². The molecule has 0 aliphatic carbocycles. The Balaban J connectivity index is 2.48. The maximum absolute atomic E-state index is 12.6. The van der Waals surface area contributed by atoms with E-state index in [4.69, 9.17) is 5.73 Å². The molecule has 1 aromatic rings. The molecule has 0 aromatic heterocycles. The summed E-state index contributed by atoms with van der Waals surface area (Å²) in [6.45, 7) is 0.314. The lowest BCUT2D eigenvalue weighted by Gasteiger charge is -2.22. The number of primary amides is 1. The maximum Gasteiger partial charge on any atom is 0.244 e. The number of hydrogen-bond donors (Lipinski definition) is 1. The lowest BCUT2D eigenvalue weighted by atomic mass is 10.2. The molecule has 0 spiro atoms. The van der Waals surface area contributed by atoms with Crippen molar-refractivity contribution >= 4 is 47.8 Å². The summed E-state index contributed by atoms with van der Waals surface area (Å²) in [6, 6.07) is 4.14. The number of halogens is 2. The lowest BCUT2D eigenvalue weighted by Crippen LogP contribution is -2.43. The number of carbonyl (C=O) groups excluding carboxylic acids is 1. The van der Waals surface area contributed by atoms with Crippen molar-refractivity contribution in [1.82, 2.24) is 4.31 Å². The predicted octanol–water partition coefficient (Wildman–Crippen LogP) is 1.85. The van der Waals surface area contributed by atoms with E-state index < -0.39 is 22.0 Å². The fourth-order valence-electron chi connectivity index (χ4n) is 2.11. The number of nitrogens with zero attached hydrogens (tertiary/aromatic N) is 1. The molecule has 0 saturated carbocycles. The van der Waals surface area contributed by atoms with Crippen molar-refractivity contribution in [2.75, 3.05) is 6.54 Å².